The molecule has 9 heteroatoms. The molecular formula is C17H20N4O3S2. The number of hydrogen-bond donors (Lipinski definition) is 3. The van der Waals surface area contributed by atoms with Crippen LogP contribution in [0.3, 0.4) is 0 Å². The molecule has 0 aliphatic rings. The minimum Gasteiger partial charge on any atom is -0.468 e. The normalized spacial score (nSPS) is 11.8. The van der Waals surface area contributed by atoms with Crippen molar-refractivity contribution in [1.29, 1.82) is 0 Å². The van der Waals surface area contributed by atoms with Crippen LogP contribution in [-0.2, 0) is 16.6 Å². The highest BCUT2D eigenvalue weighted by Crippen LogP contribution is 2.12. The zero-order valence-corrected chi connectivity index (χ0v) is 15.9. The molecule has 0 amide bonds. The number of benzene rings is 1. The zero-order valence-electron chi connectivity index (χ0n) is 14.2. The molecule has 2 rings (SSSR count). The number of rotatable bonds is 8. The lowest BCUT2D eigenvalue weighted by molar-refractivity contribution is 0.498. The van der Waals surface area contributed by atoms with E-state index < -0.39 is 10.0 Å². The molecule has 0 spiro atoms. The Hall–Kier alpha value is -2.49. The van der Waals surface area contributed by atoms with Gasteiger partial charge in [-0.1, -0.05) is 18.2 Å². The van der Waals surface area contributed by atoms with Crippen molar-refractivity contribution in [3.8, 4) is 0 Å². The summed E-state index contributed by atoms with van der Waals surface area (Å²) >= 11 is 5.05. The van der Waals surface area contributed by atoms with Crippen molar-refractivity contribution in [3.63, 3.8) is 0 Å². The second-order valence-corrected chi connectivity index (χ2v) is 7.41. The molecule has 0 saturated carbocycles. The highest BCUT2D eigenvalue weighted by molar-refractivity contribution is 7.89. The minimum absolute atomic E-state index is 0.0939. The van der Waals surface area contributed by atoms with Crippen molar-refractivity contribution in [2.45, 2.75) is 18.4 Å². The Morgan fingerprint density at radius 1 is 1.31 bits per heavy atom. The molecule has 7 nitrogen and oxygen atoms in total. The van der Waals surface area contributed by atoms with Gasteiger partial charge in [0, 0.05) is 6.54 Å². The fourth-order valence-corrected chi connectivity index (χ4v) is 3.06. The lowest BCUT2D eigenvalue weighted by Crippen LogP contribution is -2.32. The Kier molecular flexibility index (Phi) is 7.07. The predicted molar refractivity (Wildman–Crippen MR) is 105 cm³/mol. The largest absolute Gasteiger partial charge is 0.468 e. The van der Waals surface area contributed by atoms with Gasteiger partial charge in [0.25, 0.3) is 0 Å². The van der Waals surface area contributed by atoms with Gasteiger partial charge in [0.1, 0.15) is 5.76 Å². The number of thiocarbonyl (C=S) groups is 1. The van der Waals surface area contributed by atoms with E-state index in [4.69, 9.17) is 16.6 Å². The summed E-state index contributed by atoms with van der Waals surface area (Å²) in [6.07, 6.45) is 3.18. The first-order valence-corrected chi connectivity index (χ1v) is 9.63. The molecular weight excluding hydrogens is 372 g/mol. The number of nitrogens with one attached hydrogen (secondary N) is 3. The summed E-state index contributed by atoms with van der Waals surface area (Å²) in [5.41, 5.74) is 4.16. The van der Waals surface area contributed by atoms with Gasteiger partial charge >= 0.3 is 0 Å². The summed E-state index contributed by atoms with van der Waals surface area (Å²) in [6, 6.07) is 9.81. The van der Waals surface area contributed by atoms with Crippen LogP contribution in [0.4, 0.5) is 0 Å². The summed E-state index contributed by atoms with van der Waals surface area (Å²) in [5.74, 6) is 0.542. The molecule has 0 atom stereocenters. The number of hydrogen-bond acceptors (Lipinski definition) is 5. The van der Waals surface area contributed by atoms with Crippen LogP contribution < -0.4 is 15.5 Å². The van der Waals surface area contributed by atoms with Crippen LogP contribution in [0.5, 0.6) is 0 Å². The molecule has 2 aromatic rings. The molecule has 0 radical (unpaired) electrons. The van der Waals surface area contributed by atoms with Crippen LogP contribution in [-0.4, -0.2) is 25.8 Å². The van der Waals surface area contributed by atoms with Gasteiger partial charge in [-0.2, -0.15) is 5.10 Å². The lowest BCUT2D eigenvalue weighted by Gasteiger charge is -2.08. The average molecular weight is 393 g/mol. The maximum Gasteiger partial charge on any atom is 0.240 e. The van der Waals surface area contributed by atoms with Gasteiger partial charge in [0.2, 0.25) is 10.0 Å². The first kappa shape index (κ1) is 19.8. The maximum atomic E-state index is 12.3. The van der Waals surface area contributed by atoms with Crippen LogP contribution in [0.15, 0.2) is 69.7 Å². The maximum absolute atomic E-state index is 12.3. The van der Waals surface area contributed by atoms with Crippen molar-refractivity contribution in [2.75, 3.05) is 6.54 Å². The summed E-state index contributed by atoms with van der Waals surface area (Å²) < 4.78 is 32.2. The monoisotopic (exact) mass is 392 g/mol. The number of nitrogens with zero attached hydrogens (tertiary/aromatic N) is 1. The first-order valence-electron chi connectivity index (χ1n) is 7.74. The Balaban J connectivity index is 2.00. The lowest BCUT2D eigenvalue weighted by atomic mass is 10.1. The second-order valence-electron chi connectivity index (χ2n) is 5.24. The molecule has 1 aromatic heterocycles. The molecule has 138 valence electrons. The Bertz CT molecular complexity index is 873. The molecule has 0 aliphatic heterocycles. The molecule has 3 N–H and O–H groups in total. The molecule has 26 heavy (non-hydrogen) atoms. The SMILES string of the molecule is C=CCNC(=S)N/N=C(/C)c1ccc(S(=O)(=O)NCc2ccco2)cc1. The van der Waals surface area contributed by atoms with Crippen LogP contribution in [0, 0.1) is 0 Å². The van der Waals surface area contributed by atoms with Crippen molar-refractivity contribution in [2.24, 2.45) is 5.10 Å². The van der Waals surface area contributed by atoms with E-state index in [1.165, 1.54) is 18.4 Å². The summed E-state index contributed by atoms with van der Waals surface area (Å²) in [5, 5.41) is 7.43. The average Bonchev–Trinajstić information content (AvgIpc) is 3.16. The van der Waals surface area contributed by atoms with Gasteiger partial charge in [0.05, 0.1) is 23.4 Å². The number of hydrazone groups is 1. The third-order valence-corrected chi connectivity index (χ3v) is 4.98. The molecule has 0 bridgehead atoms. The highest BCUT2D eigenvalue weighted by Gasteiger charge is 2.14. The van der Waals surface area contributed by atoms with Crippen LogP contribution >= 0.6 is 12.2 Å². The first-order chi connectivity index (χ1) is 12.4. The summed E-state index contributed by atoms with van der Waals surface area (Å²) in [6.45, 7) is 6.01. The van der Waals surface area contributed by atoms with E-state index in [1.807, 2.05) is 0 Å². The van der Waals surface area contributed by atoms with Crippen LogP contribution in [0.2, 0.25) is 0 Å². The number of sulfonamides is 1. The van der Waals surface area contributed by atoms with Crippen molar-refractivity contribution in [3.05, 3.63) is 66.6 Å². The van der Waals surface area contributed by atoms with E-state index in [1.54, 1.807) is 37.3 Å². The number of furan rings is 1. The van der Waals surface area contributed by atoms with Crippen LogP contribution in [0.25, 0.3) is 0 Å². The van der Waals surface area contributed by atoms with E-state index in [-0.39, 0.29) is 11.4 Å². The molecule has 0 saturated heterocycles. The Morgan fingerprint density at radius 3 is 2.65 bits per heavy atom. The van der Waals surface area contributed by atoms with Gasteiger partial charge in [0.15, 0.2) is 5.11 Å². The molecule has 0 aliphatic carbocycles. The fraction of sp³-hybridized carbons (Fsp3) is 0.176. The fourth-order valence-electron chi connectivity index (χ4n) is 1.94. The van der Waals surface area contributed by atoms with E-state index in [0.717, 1.165) is 5.56 Å². The topological polar surface area (TPSA) is 95.7 Å². The minimum atomic E-state index is -3.62. The third kappa shape index (κ3) is 5.80. The van der Waals surface area contributed by atoms with E-state index >= 15 is 0 Å². The summed E-state index contributed by atoms with van der Waals surface area (Å²) in [7, 11) is -3.62. The molecule has 0 fully saturated rings. The predicted octanol–water partition coefficient (Wildman–Crippen LogP) is 2.13. The summed E-state index contributed by atoms with van der Waals surface area (Å²) in [4.78, 5) is 0.164. The van der Waals surface area contributed by atoms with Gasteiger partial charge in [-0.05, 0) is 49.0 Å². The quantitative estimate of drug-likeness (QED) is 0.276. The third-order valence-electron chi connectivity index (χ3n) is 3.33. The Labute approximate surface area is 158 Å². The van der Waals surface area contributed by atoms with Crippen molar-refractivity contribution < 1.29 is 12.8 Å². The van der Waals surface area contributed by atoms with Crippen LogP contribution in [0.1, 0.15) is 18.2 Å². The van der Waals surface area contributed by atoms with E-state index in [0.29, 0.717) is 23.1 Å². The highest BCUT2D eigenvalue weighted by atomic mass is 32.2. The van der Waals surface area contributed by atoms with Gasteiger partial charge in [-0.15, -0.1) is 6.58 Å². The van der Waals surface area contributed by atoms with Gasteiger partial charge < -0.3 is 9.73 Å². The Morgan fingerprint density at radius 2 is 2.04 bits per heavy atom. The standard InChI is InChI=1S/C17H20N4O3S2/c1-3-10-18-17(25)21-20-13(2)14-6-8-16(9-7-14)26(22,23)19-12-15-5-4-11-24-15/h3-9,11,19H,1,10,12H2,2H3,(H2,18,21,25)/b20-13-. The van der Waals surface area contributed by atoms with E-state index in [2.05, 4.69) is 27.1 Å². The zero-order chi connectivity index (χ0) is 19.0. The van der Waals surface area contributed by atoms with Gasteiger partial charge in [-0.3, -0.25) is 5.43 Å². The smallest absolute Gasteiger partial charge is 0.240 e. The van der Waals surface area contributed by atoms with Gasteiger partial charge in [-0.25, -0.2) is 13.1 Å². The molecule has 0 unspecified atom stereocenters. The second kappa shape index (κ2) is 9.27. The van der Waals surface area contributed by atoms with E-state index in [9.17, 15) is 8.42 Å². The molecule has 1 heterocycles. The van der Waals surface area contributed by atoms with Crippen molar-refractivity contribution in [1.82, 2.24) is 15.5 Å². The molecule has 1 aromatic carbocycles. The van der Waals surface area contributed by atoms with Crippen molar-refractivity contribution >= 4 is 33.1 Å².